The summed E-state index contributed by atoms with van der Waals surface area (Å²) in [6.45, 7) is 2.76. The highest BCUT2D eigenvalue weighted by Crippen LogP contribution is 1.89. The van der Waals surface area contributed by atoms with Crippen LogP contribution in [0.2, 0.25) is 0 Å². The first-order valence-electron chi connectivity index (χ1n) is 4.83. The Bertz CT molecular complexity index is 262. The van der Waals surface area contributed by atoms with Crippen molar-refractivity contribution < 1.29 is 19.5 Å². The highest BCUT2D eigenvalue weighted by Gasteiger charge is 2.16. The van der Waals surface area contributed by atoms with Gasteiger partial charge in [-0.25, -0.2) is 0 Å². The molecule has 0 aromatic carbocycles. The first-order valence-corrected chi connectivity index (χ1v) is 4.83. The van der Waals surface area contributed by atoms with Crippen LogP contribution in [0.5, 0.6) is 0 Å². The van der Waals surface area contributed by atoms with Gasteiger partial charge in [-0.05, 0) is 13.8 Å². The van der Waals surface area contributed by atoms with Crippen molar-refractivity contribution in [1.29, 1.82) is 0 Å². The van der Waals surface area contributed by atoms with E-state index in [1.807, 2.05) is 0 Å². The highest BCUT2D eigenvalue weighted by molar-refractivity contribution is 5.81. The number of carboxylic acid groups (broad SMARTS) is 1. The summed E-state index contributed by atoms with van der Waals surface area (Å²) in [5, 5.41) is 11.2. The molecule has 2 amide bonds. The molecule has 0 saturated carbocycles. The standard InChI is InChI=1S/C9H17N3O4/c1-6(2)11-8(14)4-12(3-7(10)13)5-9(15)16/h6H,3-5H2,1-2H3,(H2,10,13)(H,11,14)(H,15,16). The first kappa shape index (κ1) is 14.4. The molecule has 0 fully saturated rings. The number of nitrogens with one attached hydrogen (secondary N) is 1. The van der Waals surface area contributed by atoms with E-state index in [1.54, 1.807) is 13.8 Å². The van der Waals surface area contributed by atoms with E-state index in [4.69, 9.17) is 10.8 Å². The lowest BCUT2D eigenvalue weighted by Gasteiger charge is -2.18. The number of carboxylic acids is 1. The quantitative estimate of drug-likeness (QED) is 0.487. The van der Waals surface area contributed by atoms with Gasteiger partial charge in [0.25, 0.3) is 0 Å². The van der Waals surface area contributed by atoms with Gasteiger partial charge in [-0.2, -0.15) is 0 Å². The van der Waals surface area contributed by atoms with Crippen LogP contribution in [0.3, 0.4) is 0 Å². The van der Waals surface area contributed by atoms with E-state index in [0.717, 1.165) is 0 Å². The van der Waals surface area contributed by atoms with Crippen LogP contribution in [0.15, 0.2) is 0 Å². The van der Waals surface area contributed by atoms with E-state index in [-0.39, 0.29) is 25.0 Å². The zero-order valence-corrected chi connectivity index (χ0v) is 9.40. The molecular weight excluding hydrogens is 214 g/mol. The van der Waals surface area contributed by atoms with Gasteiger partial charge in [0.1, 0.15) is 0 Å². The fourth-order valence-corrected chi connectivity index (χ4v) is 1.15. The molecular formula is C9H17N3O4. The molecule has 0 aromatic heterocycles. The first-order chi connectivity index (χ1) is 7.31. The van der Waals surface area contributed by atoms with Gasteiger partial charge in [-0.3, -0.25) is 19.3 Å². The average Bonchev–Trinajstić information content (AvgIpc) is 1.97. The molecule has 0 aliphatic rings. The lowest BCUT2D eigenvalue weighted by molar-refractivity contribution is -0.139. The third-order valence-electron chi connectivity index (χ3n) is 1.56. The van der Waals surface area contributed by atoms with Crippen molar-refractivity contribution in [3.63, 3.8) is 0 Å². The van der Waals surface area contributed by atoms with Gasteiger partial charge in [-0.1, -0.05) is 0 Å². The van der Waals surface area contributed by atoms with Crippen molar-refractivity contribution in [2.45, 2.75) is 19.9 Å². The monoisotopic (exact) mass is 231 g/mol. The van der Waals surface area contributed by atoms with Crippen molar-refractivity contribution in [3.8, 4) is 0 Å². The maximum atomic E-state index is 11.3. The molecule has 0 atom stereocenters. The number of nitrogens with two attached hydrogens (primary N) is 1. The maximum absolute atomic E-state index is 11.3. The molecule has 0 heterocycles. The number of carbonyl (C=O) groups excluding carboxylic acids is 2. The summed E-state index contributed by atoms with van der Waals surface area (Å²) < 4.78 is 0. The summed E-state index contributed by atoms with van der Waals surface area (Å²) in [5.41, 5.74) is 4.94. The maximum Gasteiger partial charge on any atom is 0.317 e. The van der Waals surface area contributed by atoms with Crippen LogP contribution < -0.4 is 11.1 Å². The zero-order valence-electron chi connectivity index (χ0n) is 9.40. The topological polar surface area (TPSA) is 113 Å². The Kier molecular flexibility index (Phi) is 6.09. The predicted molar refractivity (Wildman–Crippen MR) is 56.5 cm³/mol. The molecule has 0 radical (unpaired) electrons. The second kappa shape index (κ2) is 6.78. The lowest BCUT2D eigenvalue weighted by atomic mass is 10.3. The summed E-state index contributed by atoms with van der Waals surface area (Å²) in [5.74, 6) is -2.12. The van der Waals surface area contributed by atoms with Crippen molar-refractivity contribution in [3.05, 3.63) is 0 Å². The minimum Gasteiger partial charge on any atom is -0.480 e. The van der Waals surface area contributed by atoms with E-state index in [0.29, 0.717) is 0 Å². The molecule has 0 unspecified atom stereocenters. The molecule has 0 saturated heterocycles. The number of amides is 2. The Labute approximate surface area is 93.6 Å². The van der Waals surface area contributed by atoms with Gasteiger partial charge in [0.2, 0.25) is 11.8 Å². The Balaban J connectivity index is 4.24. The molecule has 7 heteroatoms. The van der Waals surface area contributed by atoms with Crippen LogP contribution in [-0.4, -0.2) is 53.5 Å². The van der Waals surface area contributed by atoms with Gasteiger partial charge in [0.05, 0.1) is 19.6 Å². The van der Waals surface area contributed by atoms with E-state index < -0.39 is 18.4 Å². The minimum atomic E-state index is -1.11. The number of carbonyl (C=O) groups is 3. The number of hydrogen-bond acceptors (Lipinski definition) is 4. The zero-order chi connectivity index (χ0) is 12.7. The molecule has 7 nitrogen and oxygen atoms in total. The normalized spacial score (nSPS) is 10.5. The van der Waals surface area contributed by atoms with E-state index >= 15 is 0 Å². The summed E-state index contributed by atoms with van der Waals surface area (Å²) in [6, 6.07) is -0.0345. The van der Waals surface area contributed by atoms with Crippen molar-refractivity contribution in [2.24, 2.45) is 5.73 Å². The Morgan fingerprint density at radius 2 is 1.81 bits per heavy atom. The van der Waals surface area contributed by atoms with Crippen molar-refractivity contribution >= 4 is 17.8 Å². The third kappa shape index (κ3) is 7.74. The van der Waals surface area contributed by atoms with Gasteiger partial charge in [-0.15, -0.1) is 0 Å². The summed E-state index contributed by atoms with van der Waals surface area (Å²) in [7, 11) is 0. The molecule has 0 aliphatic heterocycles. The Hall–Kier alpha value is -1.63. The summed E-state index contributed by atoms with van der Waals surface area (Å²) in [4.78, 5) is 33.6. The molecule has 92 valence electrons. The molecule has 0 aliphatic carbocycles. The third-order valence-corrected chi connectivity index (χ3v) is 1.56. The number of hydrogen-bond donors (Lipinski definition) is 3. The molecule has 4 N–H and O–H groups in total. The predicted octanol–water partition coefficient (Wildman–Crippen LogP) is -1.62. The largest absolute Gasteiger partial charge is 0.480 e. The average molecular weight is 231 g/mol. The van der Waals surface area contributed by atoms with Crippen LogP contribution in [0.4, 0.5) is 0 Å². The van der Waals surface area contributed by atoms with Crippen molar-refractivity contribution in [2.75, 3.05) is 19.6 Å². The van der Waals surface area contributed by atoms with Crippen LogP contribution in [-0.2, 0) is 14.4 Å². The van der Waals surface area contributed by atoms with E-state index in [1.165, 1.54) is 4.90 Å². The molecule has 0 rings (SSSR count). The fourth-order valence-electron chi connectivity index (χ4n) is 1.15. The SMILES string of the molecule is CC(C)NC(=O)CN(CC(N)=O)CC(=O)O. The summed E-state index contributed by atoms with van der Waals surface area (Å²) in [6.07, 6.45) is 0. The van der Waals surface area contributed by atoms with Crippen LogP contribution in [0, 0.1) is 0 Å². The number of rotatable bonds is 7. The van der Waals surface area contributed by atoms with Gasteiger partial charge in [0.15, 0.2) is 0 Å². The molecule has 0 aromatic rings. The fraction of sp³-hybridized carbons (Fsp3) is 0.667. The number of nitrogens with zero attached hydrogens (tertiary/aromatic N) is 1. The summed E-state index contributed by atoms with van der Waals surface area (Å²) >= 11 is 0. The number of primary amides is 1. The van der Waals surface area contributed by atoms with Gasteiger partial charge in [0, 0.05) is 6.04 Å². The molecule has 16 heavy (non-hydrogen) atoms. The van der Waals surface area contributed by atoms with Crippen LogP contribution in [0.25, 0.3) is 0 Å². The Morgan fingerprint density at radius 3 is 2.19 bits per heavy atom. The number of aliphatic carboxylic acids is 1. The van der Waals surface area contributed by atoms with Gasteiger partial charge >= 0.3 is 5.97 Å². The van der Waals surface area contributed by atoms with Gasteiger partial charge < -0.3 is 16.2 Å². The highest BCUT2D eigenvalue weighted by atomic mass is 16.4. The smallest absolute Gasteiger partial charge is 0.317 e. The van der Waals surface area contributed by atoms with Crippen LogP contribution >= 0.6 is 0 Å². The van der Waals surface area contributed by atoms with E-state index in [9.17, 15) is 14.4 Å². The minimum absolute atomic E-state index is 0.0345. The van der Waals surface area contributed by atoms with Crippen molar-refractivity contribution in [1.82, 2.24) is 10.2 Å². The Morgan fingerprint density at radius 1 is 1.25 bits per heavy atom. The van der Waals surface area contributed by atoms with E-state index in [2.05, 4.69) is 5.32 Å². The lowest BCUT2D eigenvalue weighted by Crippen LogP contribution is -2.45. The molecule has 0 spiro atoms. The molecule has 0 bridgehead atoms. The van der Waals surface area contributed by atoms with Crippen LogP contribution in [0.1, 0.15) is 13.8 Å². The second-order valence-corrected chi connectivity index (χ2v) is 3.73. The second-order valence-electron chi connectivity index (χ2n) is 3.73.